The van der Waals surface area contributed by atoms with Gasteiger partial charge in [-0.25, -0.2) is 0 Å². The van der Waals surface area contributed by atoms with Gasteiger partial charge in [-0.05, 0) is 51.1 Å². The molecule has 1 heterocycles. The van der Waals surface area contributed by atoms with Gasteiger partial charge >= 0.3 is 0 Å². The van der Waals surface area contributed by atoms with Crippen LogP contribution in [-0.4, -0.2) is 36.2 Å². The number of aromatic hydroxyl groups is 1. The van der Waals surface area contributed by atoms with E-state index in [4.69, 9.17) is 0 Å². The van der Waals surface area contributed by atoms with Crippen molar-refractivity contribution in [3.8, 4) is 5.75 Å². The number of benzene rings is 1. The summed E-state index contributed by atoms with van der Waals surface area (Å²) in [6.07, 6.45) is 3.51. The largest absolute Gasteiger partial charge is 0.508 e. The van der Waals surface area contributed by atoms with E-state index in [0.29, 0.717) is 17.8 Å². The molecular formula is C15H23BrN2O. The van der Waals surface area contributed by atoms with Gasteiger partial charge in [-0.1, -0.05) is 22.9 Å². The predicted octanol–water partition coefficient (Wildman–Crippen LogP) is 3.29. The molecule has 1 fully saturated rings. The quantitative estimate of drug-likeness (QED) is 0.871. The number of nitrogens with one attached hydrogen (secondary N) is 1. The van der Waals surface area contributed by atoms with E-state index >= 15 is 0 Å². The summed E-state index contributed by atoms with van der Waals surface area (Å²) in [5, 5.41) is 13.4. The van der Waals surface area contributed by atoms with E-state index in [1.165, 1.54) is 12.8 Å². The van der Waals surface area contributed by atoms with E-state index in [9.17, 15) is 5.11 Å². The fourth-order valence-corrected chi connectivity index (χ4v) is 3.53. The molecule has 4 heteroatoms. The lowest BCUT2D eigenvalue weighted by molar-refractivity contribution is 0.171. The second-order valence-electron chi connectivity index (χ2n) is 5.22. The summed E-state index contributed by atoms with van der Waals surface area (Å²) in [6.45, 7) is 4.34. The Balaban J connectivity index is 2.25. The molecule has 0 saturated carbocycles. The van der Waals surface area contributed by atoms with Gasteiger partial charge in [-0.3, -0.25) is 4.90 Å². The van der Waals surface area contributed by atoms with Crippen LogP contribution < -0.4 is 5.32 Å². The molecule has 0 aromatic heterocycles. The third-order valence-corrected chi connectivity index (χ3v) is 4.49. The summed E-state index contributed by atoms with van der Waals surface area (Å²) in [4.78, 5) is 2.54. The van der Waals surface area contributed by atoms with Crippen molar-refractivity contribution in [3.63, 3.8) is 0 Å². The maximum atomic E-state index is 10.1. The molecule has 1 aliphatic rings. The van der Waals surface area contributed by atoms with Gasteiger partial charge in [0.15, 0.2) is 0 Å². The van der Waals surface area contributed by atoms with Crippen molar-refractivity contribution >= 4 is 15.9 Å². The Morgan fingerprint density at radius 2 is 2.32 bits per heavy atom. The van der Waals surface area contributed by atoms with Crippen LogP contribution >= 0.6 is 15.9 Å². The molecule has 3 nitrogen and oxygen atoms in total. The van der Waals surface area contributed by atoms with Crippen molar-refractivity contribution in [2.45, 2.75) is 38.3 Å². The maximum absolute atomic E-state index is 10.1. The van der Waals surface area contributed by atoms with E-state index in [0.717, 1.165) is 29.5 Å². The van der Waals surface area contributed by atoms with Crippen LogP contribution in [-0.2, 0) is 0 Å². The van der Waals surface area contributed by atoms with Crippen molar-refractivity contribution in [1.29, 1.82) is 0 Å². The minimum absolute atomic E-state index is 0.304. The Morgan fingerprint density at radius 1 is 1.53 bits per heavy atom. The topological polar surface area (TPSA) is 35.5 Å². The number of hydrogen-bond acceptors (Lipinski definition) is 3. The van der Waals surface area contributed by atoms with E-state index < -0.39 is 0 Å². The second kappa shape index (κ2) is 6.73. The molecule has 0 aliphatic carbocycles. The van der Waals surface area contributed by atoms with Crippen LogP contribution in [0.15, 0.2) is 22.7 Å². The number of rotatable bonds is 5. The van der Waals surface area contributed by atoms with E-state index in [1.807, 2.05) is 13.1 Å². The monoisotopic (exact) mass is 326 g/mol. The third-order valence-electron chi connectivity index (χ3n) is 4.00. The predicted molar refractivity (Wildman–Crippen MR) is 82.5 cm³/mol. The van der Waals surface area contributed by atoms with Crippen molar-refractivity contribution < 1.29 is 5.11 Å². The summed E-state index contributed by atoms with van der Waals surface area (Å²) in [5.41, 5.74) is 1.04. The molecule has 2 unspecified atom stereocenters. The van der Waals surface area contributed by atoms with E-state index in [1.54, 1.807) is 6.07 Å². The summed E-state index contributed by atoms with van der Waals surface area (Å²) in [7, 11) is 2.01. The van der Waals surface area contributed by atoms with Crippen LogP contribution in [0.3, 0.4) is 0 Å². The third kappa shape index (κ3) is 3.30. The Hall–Kier alpha value is -0.580. The number of phenolic OH excluding ortho intramolecular Hbond substituents is 1. The molecular weight excluding hydrogens is 304 g/mol. The zero-order valence-electron chi connectivity index (χ0n) is 11.7. The summed E-state index contributed by atoms with van der Waals surface area (Å²) >= 11 is 3.51. The fourth-order valence-electron chi connectivity index (χ4n) is 3.15. The maximum Gasteiger partial charge on any atom is 0.120 e. The molecule has 19 heavy (non-hydrogen) atoms. The van der Waals surface area contributed by atoms with E-state index in [-0.39, 0.29) is 0 Å². The van der Waals surface area contributed by atoms with Gasteiger partial charge in [-0.15, -0.1) is 0 Å². The first kappa shape index (κ1) is 14.8. The zero-order chi connectivity index (χ0) is 13.8. The highest BCUT2D eigenvalue weighted by atomic mass is 79.9. The lowest BCUT2D eigenvalue weighted by atomic mass is 10.0. The number of likely N-dealkylation sites (tertiary alicyclic amines) is 1. The first-order valence-corrected chi connectivity index (χ1v) is 7.85. The SMILES string of the molecule is CCC(c1cc(Br)ccc1O)N1CCCC1CNC. The van der Waals surface area contributed by atoms with Crippen LogP contribution in [0.4, 0.5) is 0 Å². The van der Waals surface area contributed by atoms with E-state index in [2.05, 4.69) is 39.1 Å². The van der Waals surface area contributed by atoms with Gasteiger partial charge in [0.1, 0.15) is 5.75 Å². The first-order valence-electron chi connectivity index (χ1n) is 7.06. The normalized spacial score (nSPS) is 21.7. The highest BCUT2D eigenvalue weighted by Gasteiger charge is 2.31. The molecule has 1 aromatic carbocycles. The van der Waals surface area contributed by atoms with Gasteiger partial charge in [-0.2, -0.15) is 0 Å². The van der Waals surface area contributed by atoms with Gasteiger partial charge in [0.2, 0.25) is 0 Å². The number of hydrogen-bond donors (Lipinski definition) is 2. The molecule has 106 valence electrons. The summed E-state index contributed by atoms with van der Waals surface area (Å²) in [6, 6.07) is 6.61. The standard InChI is InChI=1S/C15H23BrN2O/c1-3-14(13-9-11(16)6-7-15(13)19)18-8-4-5-12(18)10-17-2/h6-7,9,12,14,17,19H,3-5,8,10H2,1-2H3. The van der Waals surface area contributed by atoms with Crippen molar-refractivity contribution in [2.24, 2.45) is 0 Å². The van der Waals surface area contributed by atoms with Crippen LogP contribution in [0.25, 0.3) is 0 Å². The molecule has 2 rings (SSSR count). The highest BCUT2D eigenvalue weighted by molar-refractivity contribution is 9.10. The van der Waals surface area contributed by atoms with Gasteiger partial charge in [0.05, 0.1) is 0 Å². The molecule has 1 saturated heterocycles. The van der Waals surface area contributed by atoms with Crippen LogP contribution in [0.2, 0.25) is 0 Å². The van der Waals surface area contributed by atoms with Crippen molar-refractivity contribution in [3.05, 3.63) is 28.2 Å². The molecule has 2 atom stereocenters. The lowest BCUT2D eigenvalue weighted by Crippen LogP contribution is -2.39. The average Bonchev–Trinajstić information content (AvgIpc) is 2.83. The molecule has 1 aromatic rings. The Kier molecular flexibility index (Phi) is 5.25. The highest BCUT2D eigenvalue weighted by Crippen LogP contribution is 2.37. The lowest BCUT2D eigenvalue weighted by Gasteiger charge is -2.33. The molecule has 1 aliphatic heterocycles. The minimum atomic E-state index is 0.304. The smallest absolute Gasteiger partial charge is 0.120 e. The Morgan fingerprint density at radius 3 is 3.00 bits per heavy atom. The molecule has 0 spiro atoms. The van der Waals surface area contributed by atoms with Gasteiger partial charge < -0.3 is 10.4 Å². The van der Waals surface area contributed by atoms with Gasteiger partial charge in [0, 0.05) is 28.7 Å². The molecule has 0 bridgehead atoms. The number of halogens is 1. The number of nitrogens with zero attached hydrogens (tertiary/aromatic N) is 1. The fraction of sp³-hybridized carbons (Fsp3) is 0.600. The summed E-state index contributed by atoms with van der Waals surface area (Å²) < 4.78 is 1.03. The first-order chi connectivity index (χ1) is 9.17. The summed E-state index contributed by atoms with van der Waals surface area (Å²) in [5.74, 6) is 0.408. The van der Waals surface area contributed by atoms with Crippen molar-refractivity contribution in [1.82, 2.24) is 10.2 Å². The van der Waals surface area contributed by atoms with Crippen molar-refractivity contribution in [2.75, 3.05) is 20.1 Å². The second-order valence-corrected chi connectivity index (χ2v) is 6.13. The molecule has 0 amide bonds. The Bertz CT molecular complexity index is 425. The average molecular weight is 327 g/mol. The molecule has 2 N–H and O–H groups in total. The van der Waals surface area contributed by atoms with Crippen LogP contribution in [0.5, 0.6) is 5.75 Å². The minimum Gasteiger partial charge on any atom is -0.508 e. The van der Waals surface area contributed by atoms with Gasteiger partial charge in [0.25, 0.3) is 0 Å². The molecule has 0 radical (unpaired) electrons. The Labute approximate surface area is 124 Å². The van der Waals surface area contributed by atoms with Crippen LogP contribution in [0.1, 0.15) is 37.8 Å². The number of likely N-dealkylation sites (N-methyl/N-ethyl adjacent to an activating group) is 1. The number of phenols is 1. The zero-order valence-corrected chi connectivity index (χ0v) is 13.3. The van der Waals surface area contributed by atoms with Crippen LogP contribution in [0, 0.1) is 0 Å².